The van der Waals surface area contributed by atoms with Crippen LogP contribution in [0.15, 0.2) is 48.5 Å². The van der Waals surface area contributed by atoms with E-state index in [-0.39, 0.29) is 0 Å². The lowest BCUT2D eigenvalue weighted by Crippen LogP contribution is -2.24. The lowest BCUT2D eigenvalue weighted by molar-refractivity contribution is -0.120. The maximum absolute atomic E-state index is 11.7. The third-order valence-corrected chi connectivity index (χ3v) is 4.00. The van der Waals surface area contributed by atoms with E-state index in [1.54, 1.807) is 6.92 Å². The van der Waals surface area contributed by atoms with Crippen molar-refractivity contribution in [1.29, 1.82) is 0 Å². The molecule has 0 fully saturated rings. The fraction of sp³-hybridized carbons (Fsp3) is 0.118. The molecule has 108 valence electrons. The minimum atomic E-state index is -0.488. The monoisotopic (exact) mass is 290 g/mol. The Morgan fingerprint density at radius 3 is 2.41 bits per heavy atom. The summed E-state index contributed by atoms with van der Waals surface area (Å²) in [6.07, 6.45) is 0. The van der Waals surface area contributed by atoms with Crippen LogP contribution >= 0.6 is 0 Å². The Kier molecular flexibility index (Phi) is 2.63. The molecular weight excluding hydrogens is 276 g/mol. The predicted octanol–water partition coefficient (Wildman–Crippen LogP) is 2.78. The molecule has 1 unspecified atom stereocenters. The minimum Gasteiger partial charge on any atom is -0.368 e. The van der Waals surface area contributed by atoms with Gasteiger partial charge < -0.3 is 10.3 Å². The fourth-order valence-corrected chi connectivity index (χ4v) is 2.86. The third-order valence-electron chi connectivity index (χ3n) is 4.00. The van der Waals surface area contributed by atoms with Crippen LogP contribution in [0.4, 0.5) is 0 Å². The van der Waals surface area contributed by atoms with Crippen LogP contribution in [0.5, 0.6) is 0 Å². The number of carbonyl (C=O) groups is 1. The van der Waals surface area contributed by atoms with Crippen LogP contribution in [0.3, 0.4) is 0 Å². The molecule has 1 atom stereocenters. The van der Waals surface area contributed by atoms with Crippen molar-refractivity contribution >= 4 is 39.0 Å². The van der Waals surface area contributed by atoms with Crippen molar-refractivity contribution < 1.29 is 4.79 Å². The maximum atomic E-state index is 11.7. The van der Waals surface area contributed by atoms with Crippen molar-refractivity contribution in [3.63, 3.8) is 0 Å². The molecule has 0 saturated heterocycles. The van der Waals surface area contributed by atoms with Crippen LogP contribution in [-0.2, 0) is 4.79 Å². The molecule has 2 aromatic carbocycles. The molecule has 0 aliphatic heterocycles. The quantitative estimate of drug-likeness (QED) is 0.617. The van der Waals surface area contributed by atoms with Crippen LogP contribution in [0.2, 0.25) is 0 Å². The Bertz CT molecular complexity index is 1030. The first kappa shape index (κ1) is 12.8. The topological polar surface area (TPSA) is 73.8 Å². The number of primary amides is 1. The zero-order valence-corrected chi connectivity index (χ0v) is 12.0. The lowest BCUT2D eigenvalue weighted by atomic mass is 10.2. The second-order valence-corrected chi connectivity index (χ2v) is 5.35. The molecule has 2 heterocycles. The molecule has 0 aliphatic rings. The zero-order valence-electron chi connectivity index (χ0n) is 12.0. The molecule has 22 heavy (non-hydrogen) atoms. The van der Waals surface area contributed by atoms with Crippen LogP contribution < -0.4 is 5.73 Å². The number of carbonyl (C=O) groups excluding carboxylic acids is 1. The molecule has 4 aromatic rings. The van der Waals surface area contributed by atoms with Gasteiger partial charge in [-0.15, -0.1) is 0 Å². The molecule has 1 amide bonds. The summed E-state index contributed by atoms with van der Waals surface area (Å²) in [4.78, 5) is 21.1. The SMILES string of the molecule is CC(C(N)=O)n1c2ccccc2c2nc3ccccc3nc21. The second kappa shape index (κ2) is 4.53. The van der Waals surface area contributed by atoms with Crippen molar-refractivity contribution in [2.45, 2.75) is 13.0 Å². The fourth-order valence-electron chi connectivity index (χ4n) is 2.86. The number of fused-ring (bicyclic) bond motifs is 4. The zero-order chi connectivity index (χ0) is 15.3. The largest absolute Gasteiger partial charge is 0.368 e. The van der Waals surface area contributed by atoms with Crippen molar-refractivity contribution in [2.75, 3.05) is 0 Å². The maximum Gasteiger partial charge on any atom is 0.240 e. The molecular formula is C17H14N4O. The molecule has 0 aliphatic carbocycles. The molecule has 2 aromatic heterocycles. The van der Waals surface area contributed by atoms with Crippen LogP contribution in [0.25, 0.3) is 33.1 Å². The van der Waals surface area contributed by atoms with Gasteiger partial charge in [-0.05, 0) is 25.1 Å². The summed E-state index contributed by atoms with van der Waals surface area (Å²) >= 11 is 0. The third kappa shape index (κ3) is 1.69. The summed E-state index contributed by atoms with van der Waals surface area (Å²) in [5, 5.41) is 0.976. The first-order valence-corrected chi connectivity index (χ1v) is 7.11. The van der Waals surface area contributed by atoms with Gasteiger partial charge in [0.05, 0.1) is 16.6 Å². The van der Waals surface area contributed by atoms with Crippen molar-refractivity contribution in [3.8, 4) is 0 Å². The van der Waals surface area contributed by atoms with Crippen molar-refractivity contribution in [2.24, 2.45) is 5.73 Å². The van der Waals surface area contributed by atoms with Gasteiger partial charge in [0.2, 0.25) is 5.91 Å². The Balaban J connectivity index is 2.23. The number of hydrogen-bond donors (Lipinski definition) is 1. The molecule has 0 saturated carbocycles. The van der Waals surface area contributed by atoms with Crippen LogP contribution in [0, 0.1) is 0 Å². The number of benzene rings is 2. The molecule has 0 radical (unpaired) electrons. The number of para-hydroxylation sites is 3. The van der Waals surface area contributed by atoms with E-state index in [4.69, 9.17) is 15.7 Å². The van der Waals surface area contributed by atoms with Crippen LogP contribution in [-0.4, -0.2) is 20.4 Å². The van der Waals surface area contributed by atoms with E-state index < -0.39 is 11.9 Å². The van der Waals surface area contributed by atoms with Gasteiger partial charge in [-0.1, -0.05) is 30.3 Å². The summed E-state index contributed by atoms with van der Waals surface area (Å²) in [7, 11) is 0. The van der Waals surface area contributed by atoms with Crippen LogP contribution in [0.1, 0.15) is 13.0 Å². The van der Waals surface area contributed by atoms with E-state index in [9.17, 15) is 4.79 Å². The Morgan fingerprint density at radius 1 is 1.05 bits per heavy atom. The Hall–Kier alpha value is -2.95. The Morgan fingerprint density at radius 2 is 1.68 bits per heavy atom. The summed E-state index contributed by atoms with van der Waals surface area (Å²) < 4.78 is 1.87. The number of rotatable bonds is 2. The molecule has 4 rings (SSSR count). The highest BCUT2D eigenvalue weighted by atomic mass is 16.1. The number of hydrogen-bond acceptors (Lipinski definition) is 3. The standard InChI is InChI=1S/C17H14N4O/c1-10(16(18)22)21-14-9-5-2-6-11(14)15-17(21)20-13-8-4-3-7-12(13)19-15/h2-10H,1H3,(H2,18,22). The van der Waals surface area contributed by atoms with Gasteiger partial charge >= 0.3 is 0 Å². The first-order chi connectivity index (χ1) is 10.7. The highest BCUT2D eigenvalue weighted by molar-refractivity contribution is 6.07. The minimum absolute atomic E-state index is 0.391. The lowest BCUT2D eigenvalue weighted by Gasteiger charge is -2.12. The van der Waals surface area contributed by atoms with Gasteiger partial charge in [-0.3, -0.25) is 4.79 Å². The molecule has 2 N–H and O–H groups in total. The summed E-state index contributed by atoms with van der Waals surface area (Å²) in [6, 6.07) is 15.1. The highest BCUT2D eigenvalue weighted by Crippen LogP contribution is 2.30. The van der Waals surface area contributed by atoms with Gasteiger partial charge in [0.1, 0.15) is 11.6 Å². The summed E-state index contributed by atoms with van der Waals surface area (Å²) in [5.74, 6) is -0.391. The van der Waals surface area contributed by atoms with Crippen molar-refractivity contribution in [3.05, 3.63) is 48.5 Å². The Labute approximate surface area is 126 Å². The summed E-state index contributed by atoms with van der Waals surface area (Å²) in [5.41, 5.74) is 9.55. The van der Waals surface area contributed by atoms with E-state index in [1.807, 2.05) is 53.1 Å². The van der Waals surface area contributed by atoms with E-state index in [0.29, 0.717) is 5.65 Å². The first-order valence-electron chi connectivity index (χ1n) is 7.11. The van der Waals surface area contributed by atoms with Gasteiger partial charge in [-0.2, -0.15) is 0 Å². The normalized spacial score (nSPS) is 13.0. The van der Waals surface area contributed by atoms with Gasteiger partial charge in [-0.25, -0.2) is 9.97 Å². The second-order valence-electron chi connectivity index (χ2n) is 5.35. The highest BCUT2D eigenvalue weighted by Gasteiger charge is 2.20. The van der Waals surface area contributed by atoms with E-state index in [0.717, 1.165) is 27.5 Å². The molecule has 0 spiro atoms. The molecule has 0 bridgehead atoms. The van der Waals surface area contributed by atoms with E-state index in [1.165, 1.54) is 0 Å². The van der Waals surface area contributed by atoms with Gasteiger partial charge in [0, 0.05) is 5.39 Å². The van der Waals surface area contributed by atoms with E-state index in [2.05, 4.69) is 0 Å². The smallest absolute Gasteiger partial charge is 0.240 e. The van der Waals surface area contributed by atoms with E-state index >= 15 is 0 Å². The number of nitrogens with two attached hydrogens (primary N) is 1. The molecule has 5 heteroatoms. The molecule has 5 nitrogen and oxygen atoms in total. The predicted molar refractivity (Wildman–Crippen MR) is 86.4 cm³/mol. The van der Waals surface area contributed by atoms with Crippen molar-refractivity contribution in [1.82, 2.24) is 14.5 Å². The number of amides is 1. The number of aromatic nitrogens is 3. The number of nitrogens with zero attached hydrogens (tertiary/aromatic N) is 3. The van der Waals surface area contributed by atoms with Gasteiger partial charge in [0.25, 0.3) is 0 Å². The average molecular weight is 290 g/mol. The average Bonchev–Trinajstić information content (AvgIpc) is 2.85. The van der Waals surface area contributed by atoms with Gasteiger partial charge in [0.15, 0.2) is 5.65 Å². The summed E-state index contributed by atoms with van der Waals surface area (Å²) in [6.45, 7) is 1.78.